The number of likely N-dealkylation sites (tertiary alicyclic amines) is 1. The molecule has 2 aliphatic heterocycles. The molecule has 6 atom stereocenters. The second-order valence-corrected chi connectivity index (χ2v) is 16.0. The summed E-state index contributed by atoms with van der Waals surface area (Å²) in [6, 6.07) is -0.779. The van der Waals surface area contributed by atoms with Crippen LogP contribution in [0.4, 0.5) is 0 Å². The van der Waals surface area contributed by atoms with Gasteiger partial charge in [0.15, 0.2) is 0 Å². The van der Waals surface area contributed by atoms with E-state index in [0.717, 1.165) is 38.8 Å². The fourth-order valence-electron chi connectivity index (χ4n) is 8.70. The van der Waals surface area contributed by atoms with Gasteiger partial charge in [0.25, 0.3) is 5.96 Å². The first-order valence-corrected chi connectivity index (χ1v) is 18.6. The maximum atomic E-state index is 13.9. The quantitative estimate of drug-likeness (QED) is 0.0477. The standard InChI is InChI=1S/C34H62BN7O6/c1-7-8-17-41-18-14-24(15-19-41)11-9-13-30(43)38-26(12-10-16-37-32(36)40-42(45)46)31(44)39-29(20-23(2)3)35-47-28-22-25-21-27(33(25,4)5)34(28,6)48-35/h23-29H,7-22H2,1-6H3,(H5-,36,37,38,39,40,43,44,45,46)/p+1/t25-,26-,27-,28+,29-,34-/m0/s1. The second kappa shape index (κ2) is 17.0. The van der Waals surface area contributed by atoms with Crippen molar-refractivity contribution in [1.29, 1.82) is 0 Å². The summed E-state index contributed by atoms with van der Waals surface area (Å²) in [5, 5.41) is 14.5. The van der Waals surface area contributed by atoms with E-state index in [1.165, 1.54) is 32.2 Å². The number of nitrogens with one attached hydrogen (secondary N) is 3. The van der Waals surface area contributed by atoms with Gasteiger partial charge in [-0.05, 0) is 125 Å². The van der Waals surface area contributed by atoms with Crippen molar-refractivity contribution < 1.29 is 29.1 Å². The summed E-state index contributed by atoms with van der Waals surface area (Å²) in [7, 11) is -0.560. The van der Waals surface area contributed by atoms with Gasteiger partial charge in [0, 0.05) is 13.0 Å². The molecule has 2 amide bonds. The Kier molecular flexibility index (Phi) is 13.6. The molecule has 0 aromatic rings. The van der Waals surface area contributed by atoms with E-state index >= 15 is 0 Å². The summed E-state index contributed by atoms with van der Waals surface area (Å²) in [5.74, 6) is 0.938. The van der Waals surface area contributed by atoms with Crippen molar-refractivity contribution in [1.82, 2.24) is 21.0 Å². The summed E-state index contributed by atoms with van der Waals surface area (Å²) < 4.78 is 13.3. The highest BCUT2D eigenvalue weighted by atomic mass is 16.7. The molecule has 0 unspecified atom stereocenters. The Balaban J connectivity index is 1.34. The molecule has 272 valence electrons. The lowest BCUT2D eigenvalue weighted by Crippen LogP contribution is -2.65. The number of nitrogens with two attached hydrogens (primary N) is 1. The molecular weight excluding hydrogens is 613 g/mol. The molecule has 3 saturated carbocycles. The molecule has 2 saturated heterocycles. The Bertz CT molecular complexity index is 1130. The van der Waals surface area contributed by atoms with Gasteiger partial charge in [-0.25, -0.2) is 10.2 Å². The van der Waals surface area contributed by atoms with E-state index in [1.807, 2.05) is 5.43 Å². The Labute approximate surface area is 287 Å². The van der Waals surface area contributed by atoms with Gasteiger partial charge in [0.05, 0.1) is 17.6 Å². The average Bonchev–Trinajstić information content (AvgIpc) is 3.38. The number of hydrogen-bond donors (Lipinski definition) is 5. The zero-order chi connectivity index (χ0) is 35.1. The molecule has 6 N–H and O–H groups in total. The number of carbonyl (C=O) groups is 2. The normalized spacial score (nSPS) is 28.4. The van der Waals surface area contributed by atoms with Crippen molar-refractivity contribution in [3.63, 3.8) is 0 Å². The SMILES string of the molecule is CCCCN1CCC(CCCC(=O)N[C@@H](CCCN=C(N)N[N+](=O)O)C(=O)N[C@@H](CC(C)C)B2O[C@@H]3C[C@@H]4C[C@@H](C4(C)C)[C@]3(C)O2)CC1. The van der Waals surface area contributed by atoms with Crippen LogP contribution in [0.5, 0.6) is 0 Å². The van der Waals surface area contributed by atoms with Crippen molar-refractivity contribution in [2.75, 3.05) is 26.2 Å². The maximum Gasteiger partial charge on any atom is 0.481 e. The van der Waals surface area contributed by atoms with Gasteiger partial charge in [-0.3, -0.25) is 9.59 Å². The first-order valence-electron chi connectivity index (χ1n) is 18.6. The molecule has 3 aliphatic carbocycles. The molecule has 0 aromatic heterocycles. The van der Waals surface area contributed by atoms with Gasteiger partial charge in [-0.1, -0.05) is 41.0 Å². The minimum atomic E-state index is -0.779. The van der Waals surface area contributed by atoms with Gasteiger partial charge in [-0.2, -0.15) is 0 Å². The predicted molar refractivity (Wildman–Crippen MR) is 186 cm³/mol. The van der Waals surface area contributed by atoms with Gasteiger partial charge in [-0.15, -0.1) is 0 Å². The van der Waals surface area contributed by atoms with Crippen LogP contribution in [0, 0.1) is 34.0 Å². The second-order valence-electron chi connectivity index (χ2n) is 16.0. The number of rotatable bonds is 18. The minimum Gasteiger partial charge on any atom is -0.404 e. The van der Waals surface area contributed by atoms with Crippen LogP contribution in [0.1, 0.15) is 119 Å². The number of carbonyl (C=O) groups excluding carboxylic acids is 2. The number of nitrogens with zero attached hydrogens (tertiary/aromatic N) is 3. The van der Waals surface area contributed by atoms with Crippen molar-refractivity contribution in [3.05, 3.63) is 4.91 Å². The highest BCUT2D eigenvalue weighted by Crippen LogP contribution is 2.65. The Hall–Kier alpha value is -2.45. The molecule has 0 radical (unpaired) electrons. The van der Waals surface area contributed by atoms with Gasteiger partial charge < -0.3 is 30.6 Å². The monoisotopic (exact) mass is 676 g/mol. The van der Waals surface area contributed by atoms with E-state index in [9.17, 15) is 14.5 Å². The fourth-order valence-corrected chi connectivity index (χ4v) is 8.70. The average molecular weight is 677 g/mol. The van der Waals surface area contributed by atoms with Crippen molar-refractivity contribution in [3.8, 4) is 0 Å². The number of amides is 2. The predicted octanol–water partition coefficient (Wildman–Crippen LogP) is 3.72. The van der Waals surface area contributed by atoms with Gasteiger partial charge in [0.1, 0.15) is 10.9 Å². The zero-order valence-corrected chi connectivity index (χ0v) is 30.3. The molecule has 5 fully saturated rings. The molecule has 0 spiro atoms. The molecule has 5 aliphatic rings. The Morgan fingerprint density at radius 3 is 2.50 bits per heavy atom. The number of aliphatic imine (C=N–C) groups is 1. The van der Waals surface area contributed by atoms with Crippen LogP contribution >= 0.6 is 0 Å². The summed E-state index contributed by atoms with van der Waals surface area (Å²) in [6.07, 6.45) is 10.5. The van der Waals surface area contributed by atoms with Crippen LogP contribution in [-0.2, 0) is 18.9 Å². The third-order valence-electron chi connectivity index (χ3n) is 11.7. The van der Waals surface area contributed by atoms with E-state index in [4.69, 9.17) is 20.2 Å². The van der Waals surface area contributed by atoms with E-state index in [2.05, 4.69) is 62.1 Å². The third-order valence-corrected chi connectivity index (χ3v) is 11.7. The molecule has 13 nitrogen and oxygen atoms in total. The van der Waals surface area contributed by atoms with E-state index < -0.39 is 18.2 Å². The van der Waals surface area contributed by atoms with E-state index in [1.54, 1.807) is 0 Å². The lowest BCUT2D eigenvalue weighted by atomic mass is 9.43. The molecule has 14 heteroatoms. The smallest absolute Gasteiger partial charge is 0.404 e. The van der Waals surface area contributed by atoms with Crippen molar-refractivity contribution in [2.24, 2.45) is 39.8 Å². The van der Waals surface area contributed by atoms with Crippen LogP contribution in [0.25, 0.3) is 0 Å². The molecule has 2 bridgehead atoms. The Morgan fingerprint density at radius 1 is 1.12 bits per heavy atom. The number of piperidine rings is 1. The lowest BCUT2D eigenvalue weighted by molar-refractivity contribution is -0.822. The highest BCUT2D eigenvalue weighted by molar-refractivity contribution is 6.48. The first-order chi connectivity index (χ1) is 22.7. The minimum absolute atomic E-state index is 0.00538. The van der Waals surface area contributed by atoms with Crippen LogP contribution in [-0.4, -0.2) is 89.9 Å². The summed E-state index contributed by atoms with van der Waals surface area (Å²) in [4.78, 5) is 44.4. The molecule has 0 aromatic carbocycles. The van der Waals surface area contributed by atoms with Gasteiger partial charge >= 0.3 is 12.2 Å². The molecule has 48 heavy (non-hydrogen) atoms. The number of hydrazine groups is 1. The van der Waals surface area contributed by atoms with Crippen molar-refractivity contribution in [2.45, 2.75) is 142 Å². The zero-order valence-electron chi connectivity index (χ0n) is 30.3. The topological polar surface area (TPSA) is 171 Å². The summed E-state index contributed by atoms with van der Waals surface area (Å²) >= 11 is 0. The largest absolute Gasteiger partial charge is 0.481 e. The summed E-state index contributed by atoms with van der Waals surface area (Å²) in [5.41, 5.74) is 7.37. The van der Waals surface area contributed by atoms with Crippen LogP contribution in [0.2, 0.25) is 0 Å². The lowest BCUT2D eigenvalue weighted by Gasteiger charge is -2.64. The Morgan fingerprint density at radius 2 is 1.85 bits per heavy atom. The van der Waals surface area contributed by atoms with Crippen LogP contribution in [0.15, 0.2) is 4.99 Å². The third kappa shape index (κ3) is 9.83. The van der Waals surface area contributed by atoms with E-state index in [-0.39, 0.29) is 53.3 Å². The van der Waals surface area contributed by atoms with Crippen LogP contribution < -0.4 is 21.8 Å². The first kappa shape index (κ1) is 38.4. The summed E-state index contributed by atoms with van der Waals surface area (Å²) in [6.45, 7) is 16.9. The maximum absolute atomic E-state index is 13.9. The number of unbranched alkanes of at least 4 members (excludes halogenated alkanes) is 1. The highest BCUT2D eigenvalue weighted by Gasteiger charge is 2.68. The van der Waals surface area contributed by atoms with Gasteiger partial charge in [0.2, 0.25) is 11.8 Å². The number of guanidine groups is 1. The van der Waals surface area contributed by atoms with Crippen molar-refractivity contribution >= 4 is 24.9 Å². The fraction of sp³-hybridized carbons (Fsp3) is 0.912. The number of hydrogen-bond acceptors (Lipinski definition) is 7. The van der Waals surface area contributed by atoms with E-state index in [0.29, 0.717) is 43.4 Å². The molecule has 5 rings (SSSR count). The molecule has 2 heterocycles. The van der Waals surface area contributed by atoms with Crippen LogP contribution in [0.3, 0.4) is 0 Å². The molecular formula is C34H63BN7O6+.